The maximum absolute atomic E-state index is 12.7. The largest absolute Gasteiger partial charge is 0.484 e. The van der Waals surface area contributed by atoms with Crippen LogP contribution in [0.4, 0.5) is 5.69 Å². The number of benzene rings is 2. The molecule has 0 saturated carbocycles. The summed E-state index contributed by atoms with van der Waals surface area (Å²) in [6.45, 7) is 0.513. The van der Waals surface area contributed by atoms with E-state index in [1.165, 1.54) is 4.68 Å². The molecule has 0 aliphatic heterocycles. The summed E-state index contributed by atoms with van der Waals surface area (Å²) >= 11 is 3.42. The number of aryl methyl sites for hydroxylation is 1. The molecule has 2 N–H and O–H groups in total. The van der Waals surface area contributed by atoms with Gasteiger partial charge in [-0.1, -0.05) is 42.5 Å². The number of rotatable bonds is 8. The van der Waals surface area contributed by atoms with Gasteiger partial charge < -0.3 is 19.8 Å². The van der Waals surface area contributed by atoms with Crippen LogP contribution in [-0.4, -0.2) is 21.6 Å². The lowest BCUT2D eigenvalue weighted by atomic mass is 10.2. The van der Waals surface area contributed by atoms with E-state index in [4.69, 9.17) is 9.15 Å². The van der Waals surface area contributed by atoms with E-state index in [-0.39, 0.29) is 23.7 Å². The number of anilines is 1. The second-order valence-electron chi connectivity index (χ2n) is 7.17. The molecule has 8 nitrogen and oxygen atoms in total. The van der Waals surface area contributed by atoms with Crippen molar-refractivity contribution in [3.8, 4) is 5.75 Å². The molecule has 0 fully saturated rings. The first-order chi connectivity index (χ1) is 16.0. The summed E-state index contributed by atoms with van der Waals surface area (Å²) in [6.07, 6.45) is 1.56. The minimum Gasteiger partial charge on any atom is -0.484 e. The van der Waals surface area contributed by atoms with Gasteiger partial charge in [0.1, 0.15) is 18.1 Å². The van der Waals surface area contributed by atoms with Crippen molar-refractivity contribution in [2.75, 3.05) is 5.32 Å². The molecule has 168 valence electrons. The number of furan rings is 1. The van der Waals surface area contributed by atoms with Gasteiger partial charge in [0.2, 0.25) is 0 Å². The average Bonchev–Trinajstić information content (AvgIpc) is 3.44. The fourth-order valence-electron chi connectivity index (χ4n) is 3.08. The Labute approximate surface area is 198 Å². The number of para-hydroxylation sites is 1. The van der Waals surface area contributed by atoms with Crippen LogP contribution < -0.4 is 15.4 Å². The van der Waals surface area contributed by atoms with Crippen LogP contribution in [0.1, 0.15) is 32.4 Å². The maximum atomic E-state index is 12.7. The summed E-state index contributed by atoms with van der Waals surface area (Å²) in [4.78, 5) is 25.3. The molecule has 2 amide bonds. The van der Waals surface area contributed by atoms with Crippen molar-refractivity contribution >= 4 is 33.4 Å². The molecule has 4 aromatic rings. The summed E-state index contributed by atoms with van der Waals surface area (Å²) in [5.41, 5.74) is 1.36. The second kappa shape index (κ2) is 10.2. The molecule has 0 radical (unpaired) electrons. The number of hydrogen-bond acceptors (Lipinski definition) is 5. The number of hydrogen-bond donors (Lipinski definition) is 2. The zero-order valence-corrected chi connectivity index (χ0v) is 19.3. The third kappa shape index (κ3) is 5.69. The Balaban J connectivity index is 1.38. The molecule has 0 bridgehead atoms. The molecule has 0 unspecified atom stereocenters. The van der Waals surface area contributed by atoms with Gasteiger partial charge in [-0.3, -0.25) is 14.3 Å². The number of nitrogens with one attached hydrogen (secondary N) is 2. The molecule has 33 heavy (non-hydrogen) atoms. The van der Waals surface area contributed by atoms with Crippen LogP contribution in [0.2, 0.25) is 0 Å². The molecule has 0 aliphatic carbocycles. The third-order valence-corrected chi connectivity index (χ3v) is 5.34. The van der Waals surface area contributed by atoms with Crippen molar-refractivity contribution in [3.05, 3.63) is 100 Å². The minimum atomic E-state index is -0.493. The first-order valence-corrected chi connectivity index (χ1v) is 10.9. The quantitative estimate of drug-likeness (QED) is 0.364. The van der Waals surface area contributed by atoms with Crippen LogP contribution >= 0.6 is 15.9 Å². The first kappa shape index (κ1) is 22.3. The van der Waals surface area contributed by atoms with Gasteiger partial charge in [-0.05, 0) is 45.8 Å². The highest BCUT2D eigenvalue weighted by Gasteiger charge is 2.20. The summed E-state index contributed by atoms with van der Waals surface area (Å²) in [5.74, 6) is 0.369. The maximum Gasteiger partial charge on any atom is 0.291 e. The molecule has 0 saturated heterocycles. The van der Waals surface area contributed by atoms with Crippen molar-refractivity contribution in [2.24, 2.45) is 7.05 Å². The normalized spacial score (nSPS) is 10.6. The van der Waals surface area contributed by atoms with Crippen molar-refractivity contribution in [2.45, 2.75) is 13.2 Å². The van der Waals surface area contributed by atoms with Crippen molar-refractivity contribution in [1.82, 2.24) is 15.1 Å². The molecule has 4 rings (SSSR count). The second-order valence-corrected chi connectivity index (χ2v) is 8.03. The number of ether oxygens (including phenoxy) is 1. The number of carbonyl (C=O) groups excluding carboxylic acids is 2. The molecule has 0 atom stereocenters. The highest BCUT2D eigenvalue weighted by atomic mass is 79.9. The number of amides is 2. The number of carbonyl (C=O) groups is 2. The van der Waals surface area contributed by atoms with E-state index < -0.39 is 11.8 Å². The lowest BCUT2D eigenvalue weighted by Crippen LogP contribution is -2.25. The summed E-state index contributed by atoms with van der Waals surface area (Å²) in [6, 6.07) is 20.2. The van der Waals surface area contributed by atoms with Crippen LogP contribution in [0, 0.1) is 0 Å². The Morgan fingerprint density at radius 3 is 2.58 bits per heavy atom. The van der Waals surface area contributed by atoms with Crippen LogP contribution in [0.15, 0.2) is 81.8 Å². The van der Waals surface area contributed by atoms with Gasteiger partial charge >= 0.3 is 0 Å². The zero-order chi connectivity index (χ0) is 23.2. The molecule has 2 aromatic carbocycles. The summed E-state index contributed by atoms with van der Waals surface area (Å²) in [5, 5.41) is 9.69. The fraction of sp³-hybridized carbons (Fsp3) is 0.125. The lowest BCUT2D eigenvalue weighted by Gasteiger charge is -2.06. The minimum absolute atomic E-state index is 0.0974. The third-order valence-electron chi connectivity index (χ3n) is 4.68. The number of aromatic nitrogens is 2. The van der Waals surface area contributed by atoms with Gasteiger partial charge in [-0.25, -0.2) is 0 Å². The topological polar surface area (TPSA) is 98.4 Å². The van der Waals surface area contributed by atoms with E-state index in [0.29, 0.717) is 18.1 Å². The van der Waals surface area contributed by atoms with E-state index in [1.807, 2.05) is 54.6 Å². The highest BCUT2D eigenvalue weighted by Crippen LogP contribution is 2.25. The monoisotopic (exact) mass is 508 g/mol. The smallest absolute Gasteiger partial charge is 0.291 e. The van der Waals surface area contributed by atoms with Gasteiger partial charge in [0, 0.05) is 19.8 Å². The van der Waals surface area contributed by atoms with E-state index in [1.54, 1.807) is 25.4 Å². The van der Waals surface area contributed by atoms with Gasteiger partial charge in [0.25, 0.3) is 11.8 Å². The Morgan fingerprint density at radius 1 is 1.03 bits per heavy atom. The van der Waals surface area contributed by atoms with E-state index in [9.17, 15) is 9.59 Å². The van der Waals surface area contributed by atoms with Crippen molar-refractivity contribution in [3.63, 3.8) is 0 Å². The van der Waals surface area contributed by atoms with Gasteiger partial charge in [0.15, 0.2) is 11.5 Å². The summed E-state index contributed by atoms with van der Waals surface area (Å²) < 4.78 is 13.6. The van der Waals surface area contributed by atoms with Gasteiger partial charge in [-0.2, -0.15) is 5.10 Å². The van der Waals surface area contributed by atoms with E-state index in [2.05, 4.69) is 31.7 Å². The first-order valence-electron chi connectivity index (χ1n) is 10.1. The molecule has 9 heteroatoms. The average molecular weight is 509 g/mol. The number of halogens is 1. The predicted molar refractivity (Wildman–Crippen MR) is 126 cm³/mol. The van der Waals surface area contributed by atoms with Crippen LogP contribution in [0.5, 0.6) is 5.75 Å². The van der Waals surface area contributed by atoms with E-state index in [0.717, 1.165) is 10.0 Å². The van der Waals surface area contributed by atoms with Crippen molar-refractivity contribution < 1.29 is 18.7 Å². The summed E-state index contributed by atoms with van der Waals surface area (Å²) in [7, 11) is 1.67. The Morgan fingerprint density at radius 2 is 1.79 bits per heavy atom. The molecular weight excluding hydrogens is 488 g/mol. The van der Waals surface area contributed by atoms with Crippen molar-refractivity contribution in [1.29, 1.82) is 0 Å². The number of nitrogens with zero attached hydrogens (tertiary/aromatic N) is 2. The van der Waals surface area contributed by atoms with Gasteiger partial charge in [-0.15, -0.1) is 0 Å². The molecule has 2 heterocycles. The van der Waals surface area contributed by atoms with Gasteiger partial charge in [0.05, 0.1) is 10.2 Å². The lowest BCUT2D eigenvalue weighted by molar-refractivity contribution is 0.0946. The fourth-order valence-corrected chi connectivity index (χ4v) is 3.48. The zero-order valence-electron chi connectivity index (χ0n) is 17.7. The Kier molecular flexibility index (Phi) is 6.89. The Hall–Kier alpha value is -3.85. The van der Waals surface area contributed by atoms with E-state index >= 15 is 0 Å². The highest BCUT2D eigenvalue weighted by molar-refractivity contribution is 9.10. The predicted octanol–water partition coefficient (Wildman–Crippen LogP) is 4.54. The molecule has 0 aliphatic rings. The molecular formula is C24H21BrN4O4. The van der Waals surface area contributed by atoms with Crippen LogP contribution in [-0.2, 0) is 20.2 Å². The van der Waals surface area contributed by atoms with Crippen LogP contribution in [0.25, 0.3) is 0 Å². The van der Waals surface area contributed by atoms with Crippen LogP contribution in [0.3, 0.4) is 0 Å². The molecule has 2 aromatic heterocycles. The Bertz CT molecular complexity index is 1270. The molecule has 0 spiro atoms. The standard InChI is InChI=1S/C24H21BrN4O4/c1-29-14-19(22(28-29)24(31)26-13-16-7-3-2-4-8-16)27-23(30)21-12-11-17(33-21)15-32-20-10-6-5-9-18(20)25/h2-12,14H,13,15H2,1H3,(H,26,31)(H,27,30). The SMILES string of the molecule is Cn1cc(NC(=O)c2ccc(COc3ccccc3Br)o2)c(C(=O)NCc2ccccc2)n1.